The fourth-order valence-electron chi connectivity index (χ4n) is 4.92. The molecule has 0 amide bonds. The summed E-state index contributed by atoms with van der Waals surface area (Å²) >= 11 is 1.53. The normalized spacial score (nSPS) is 17.0. The quantitative estimate of drug-likeness (QED) is 0.0860. The number of esters is 1. The predicted molar refractivity (Wildman–Crippen MR) is 205 cm³/mol. The Hall–Kier alpha value is -1.66. The van der Waals surface area contributed by atoms with Crippen molar-refractivity contribution in [1.82, 2.24) is 4.98 Å². The number of carbonyl (C=O) groups excluding carboxylic acids is 2. The molecule has 0 bridgehead atoms. The number of ketones is 1. The Bertz CT molecular complexity index is 1250. The van der Waals surface area contributed by atoms with E-state index in [1.165, 1.54) is 11.3 Å². The Balaban J connectivity index is 3.55. The molecule has 47 heavy (non-hydrogen) atoms. The summed E-state index contributed by atoms with van der Waals surface area (Å²) in [7, 11) is -4.63. The zero-order chi connectivity index (χ0) is 36.8. The third-order valence-corrected chi connectivity index (χ3v) is 20.2. The summed E-state index contributed by atoms with van der Waals surface area (Å²) < 4.78 is 20.1. The van der Waals surface area contributed by atoms with Gasteiger partial charge in [-0.05, 0) is 62.5 Å². The van der Waals surface area contributed by atoms with E-state index in [0.717, 1.165) is 22.7 Å². The summed E-state index contributed by atoms with van der Waals surface area (Å²) in [5.74, 6) is -0.872. The number of rotatable bonds is 18. The highest BCUT2D eigenvalue weighted by Gasteiger charge is 2.50. The first-order valence-corrected chi connectivity index (χ1v) is 23.8. The molecule has 0 aliphatic rings. The van der Waals surface area contributed by atoms with Crippen molar-refractivity contribution >= 4 is 39.7 Å². The van der Waals surface area contributed by atoms with Gasteiger partial charge in [-0.3, -0.25) is 9.59 Å². The maximum absolute atomic E-state index is 14.7. The van der Waals surface area contributed by atoms with Crippen LogP contribution in [-0.2, 0) is 23.2 Å². The predicted octanol–water partition coefficient (Wildman–Crippen LogP) is 11.2. The molecule has 1 heterocycles. The molecule has 0 saturated heterocycles. The van der Waals surface area contributed by atoms with Crippen molar-refractivity contribution in [2.24, 2.45) is 17.3 Å². The molecule has 0 unspecified atom stereocenters. The highest BCUT2D eigenvalue weighted by atomic mass is 32.1. The first-order chi connectivity index (χ1) is 21.2. The number of hydrogen-bond donors (Lipinski definition) is 0. The minimum Gasteiger partial charge on any atom is -0.455 e. The summed E-state index contributed by atoms with van der Waals surface area (Å²) in [4.78, 5) is 33.2. The number of Topliss-reactive ketones (excluding diaryl/α,β-unsaturated/α-hetero) is 1. The third kappa shape index (κ3) is 12.0. The second-order valence-electron chi connectivity index (χ2n) is 16.9. The number of carbonyl (C=O) groups is 2. The van der Waals surface area contributed by atoms with Gasteiger partial charge in [-0.1, -0.05) is 93.0 Å². The number of hydrogen-bond acceptors (Lipinski definition) is 7. The van der Waals surface area contributed by atoms with E-state index in [0.29, 0.717) is 6.42 Å². The summed E-state index contributed by atoms with van der Waals surface area (Å²) in [6.45, 7) is 41.6. The molecule has 0 aliphatic carbocycles. The second kappa shape index (κ2) is 16.8. The number of aromatic nitrogens is 1. The van der Waals surface area contributed by atoms with E-state index in [9.17, 15) is 9.59 Å². The highest BCUT2D eigenvalue weighted by molar-refractivity contribution is 7.09. The van der Waals surface area contributed by atoms with Gasteiger partial charge in [0.25, 0.3) is 0 Å². The van der Waals surface area contributed by atoms with Gasteiger partial charge in [-0.25, -0.2) is 4.98 Å². The summed E-state index contributed by atoms with van der Waals surface area (Å²) in [5.41, 5.74) is 0.881. The summed E-state index contributed by atoms with van der Waals surface area (Å²) in [6.07, 6.45) is 5.48. The van der Waals surface area contributed by atoms with Crippen LogP contribution >= 0.6 is 11.3 Å². The molecule has 1 rings (SSSR count). The van der Waals surface area contributed by atoms with E-state index < -0.39 is 46.1 Å². The van der Waals surface area contributed by atoms with E-state index in [2.05, 4.69) is 98.9 Å². The van der Waals surface area contributed by atoms with Crippen molar-refractivity contribution in [3.05, 3.63) is 53.0 Å². The zero-order valence-electron chi connectivity index (χ0n) is 32.6. The number of allylic oxidation sites excluding steroid dienone is 2. The number of thiazole rings is 1. The van der Waals surface area contributed by atoms with Crippen LogP contribution in [0.1, 0.15) is 112 Å². The van der Waals surface area contributed by atoms with Crippen LogP contribution in [0.2, 0.25) is 36.3 Å². The number of aryl methyl sites for hydroxylation is 1. The Kier molecular flexibility index (Phi) is 15.5. The molecule has 0 aromatic carbocycles. The van der Waals surface area contributed by atoms with Crippen LogP contribution < -0.4 is 0 Å². The SMILES string of the molecule is C=CC/C(C)=C\C[C@H](OC(=O)C[C@H](O[Si](C)(C)C(C)(C)C)C(C)(C)C(=O)[C@H](C)[C@@H](O[Si](C)(C)C(C)(C)C)[C@@H](C)C=C)c1csc(C)n1. The van der Waals surface area contributed by atoms with Crippen molar-refractivity contribution in [3.8, 4) is 0 Å². The van der Waals surface area contributed by atoms with Crippen LogP contribution in [0.3, 0.4) is 0 Å². The molecule has 9 heteroatoms. The smallest absolute Gasteiger partial charge is 0.309 e. The van der Waals surface area contributed by atoms with Crippen molar-refractivity contribution < 1.29 is 23.2 Å². The third-order valence-electron chi connectivity index (χ3n) is 10.5. The van der Waals surface area contributed by atoms with Crippen molar-refractivity contribution in [3.63, 3.8) is 0 Å². The molecule has 1 aromatic heterocycles. The minimum atomic E-state index is -2.41. The molecule has 5 atom stereocenters. The Morgan fingerprint density at radius 2 is 1.49 bits per heavy atom. The first kappa shape index (κ1) is 43.4. The van der Waals surface area contributed by atoms with Gasteiger partial charge in [-0.15, -0.1) is 24.5 Å². The number of nitrogens with zero attached hydrogens (tertiary/aromatic N) is 1. The molecular weight excluding hydrogens is 639 g/mol. The Morgan fingerprint density at radius 1 is 0.957 bits per heavy atom. The summed E-state index contributed by atoms with van der Waals surface area (Å²) in [6, 6.07) is 0. The van der Waals surface area contributed by atoms with Gasteiger partial charge in [-0.2, -0.15) is 0 Å². The van der Waals surface area contributed by atoms with Gasteiger partial charge in [0.05, 0.1) is 29.3 Å². The van der Waals surface area contributed by atoms with Crippen molar-refractivity contribution in [2.45, 2.75) is 157 Å². The lowest BCUT2D eigenvalue weighted by molar-refractivity contribution is -0.155. The summed E-state index contributed by atoms with van der Waals surface area (Å²) in [5, 5.41) is 2.72. The molecule has 268 valence electrons. The molecule has 0 N–H and O–H groups in total. The van der Waals surface area contributed by atoms with E-state index in [-0.39, 0.29) is 34.3 Å². The van der Waals surface area contributed by atoms with E-state index in [1.54, 1.807) is 0 Å². The van der Waals surface area contributed by atoms with Gasteiger partial charge < -0.3 is 13.6 Å². The lowest BCUT2D eigenvalue weighted by Crippen LogP contribution is -2.54. The highest BCUT2D eigenvalue weighted by Crippen LogP contribution is 2.44. The molecule has 0 radical (unpaired) electrons. The van der Waals surface area contributed by atoms with E-state index in [4.69, 9.17) is 13.6 Å². The standard InChI is InChI=1S/C38H67NO5SSi2/c1-19-21-26(3)22-23-31(30-25-45-29(6)39-30)42-33(40)24-32(43-46(15,16)36(7,8)9)38(13,14)35(41)28(5)34(27(4)20-2)44-47(17,18)37(10,11)12/h19-20,22,25,27-28,31-32,34H,1-2,21,23-24H2,3-18H3/b26-22-/t27-,28+,31-,32-,34-/m0/s1. The lowest BCUT2D eigenvalue weighted by Gasteiger charge is -2.46. The fourth-order valence-corrected chi connectivity index (χ4v) is 8.47. The maximum Gasteiger partial charge on any atom is 0.309 e. The van der Waals surface area contributed by atoms with Crippen LogP contribution in [0, 0.1) is 24.2 Å². The largest absolute Gasteiger partial charge is 0.455 e. The Morgan fingerprint density at radius 3 is 1.94 bits per heavy atom. The minimum absolute atomic E-state index is 0.0149. The molecule has 0 aliphatic heterocycles. The number of ether oxygens (including phenoxy) is 1. The fraction of sp³-hybridized carbons (Fsp3) is 0.711. The van der Waals surface area contributed by atoms with Crippen LogP contribution in [0.4, 0.5) is 0 Å². The second-order valence-corrected chi connectivity index (χ2v) is 27.5. The van der Waals surface area contributed by atoms with Crippen LogP contribution in [0.5, 0.6) is 0 Å². The zero-order valence-corrected chi connectivity index (χ0v) is 35.4. The average Bonchev–Trinajstić information content (AvgIpc) is 3.37. The molecule has 0 fully saturated rings. The van der Waals surface area contributed by atoms with Crippen molar-refractivity contribution in [1.29, 1.82) is 0 Å². The van der Waals surface area contributed by atoms with Crippen molar-refractivity contribution in [2.75, 3.05) is 0 Å². The molecule has 1 aromatic rings. The molecule has 0 saturated carbocycles. The molecule has 0 spiro atoms. The van der Waals surface area contributed by atoms with Gasteiger partial charge in [0.1, 0.15) is 11.9 Å². The monoisotopic (exact) mass is 705 g/mol. The van der Waals surface area contributed by atoms with Gasteiger partial charge in [0, 0.05) is 23.1 Å². The van der Waals surface area contributed by atoms with Gasteiger partial charge in [0.15, 0.2) is 16.6 Å². The Labute approximate surface area is 294 Å². The van der Waals surface area contributed by atoms with Gasteiger partial charge >= 0.3 is 5.97 Å². The van der Waals surface area contributed by atoms with Crippen LogP contribution in [0.25, 0.3) is 0 Å². The van der Waals surface area contributed by atoms with Crippen LogP contribution in [-0.4, -0.2) is 45.6 Å². The topological polar surface area (TPSA) is 74.7 Å². The molecular formula is C38H67NO5SSi2. The lowest BCUT2D eigenvalue weighted by atomic mass is 9.73. The van der Waals surface area contributed by atoms with Crippen LogP contribution in [0.15, 0.2) is 42.3 Å². The van der Waals surface area contributed by atoms with Gasteiger partial charge in [0.2, 0.25) is 0 Å². The van der Waals surface area contributed by atoms with E-state index in [1.807, 2.05) is 52.2 Å². The first-order valence-electron chi connectivity index (χ1n) is 17.1. The average molecular weight is 706 g/mol. The van der Waals surface area contributed by atoms with E-state index >= 15 is 0 Å². The maximum atomic E-state index is 14.7. The molecule has 6 nitrogen and oxygen atoms in total.